The maximum Gasteiger partial charge on any atom is 0.348 e. The van der Waals surface area contributed by atoms with E-state index in [1.807, 2.05) is 30.3 Å². The Bertz CT molecular complexity index is 1320. The zero-order valence-electron chi connectivity index (χ0n) is 15.6. The smallest absolute Gasteiger partial charge is 0.348 e. The molecular weight excluding hydrogens is 404 g/mol. The van der Waals surface area contributed by atoms with E-state index in [0.29, 0.717) is 38.9 Å². The second kappa shape index (κ2) is 6.82. The van der Waals surface area contributed by atoms with Crippen LogP contribution in [-0.2, 0) is 0 Å². The lowest BCUT2D eigenvalue weighted by atomic mass is 10.1. The molecule has 0 bridgehead atoms. The number of hydrogen-bond acceptors (Lipinski definition) is 6. The van der Waals surface area contributed by atoms with Gasteiger partial charge in [0.05, 0.1) is 28.1 Å². The highest BCUT2D eigenvalue weighted by atomic mass is 32.1. The number of aromatic carboxylic acids is 1. The molecule has 0 fully saturated rings. The van der Waals surface area contributed by atoms with Crippen molar-refractivity contribution in [3.8, 4) is 11.6 Å². The third-order valence-electron chi connectivity index (χ3n) is 4.68. The molecule has 148 valence electrons. The van der Waals surface area contributed by atoms with Crippen LogP contribution in [0.4, 0.5) is 21.9 Å². The van der Waals surface area contributed by atoms with E-state index in [-0.39, 0.29) is 10.6 Å². The number of anilines is 3. The molecule has 1 aliphatic rings. The molecule has 8 nitrogen and oxygen atoms in total. The Morgan fingerprint density at radius 3 is 2.67 bits per heavy atom. The molecule has 0 unspecified atom stereocenters. The highest BCUT2D eigenvalue weighted by Gasteiger charge is 2.33. The van der Waals surface area contributed by atoms with Gasteiger partial charge in [0.25, 0.3) is 0 Å². The number of aromatic nitrogens is 2. The number of urea groups is 1. The number of rotatable bonds is 4. The summed E-state index contributed by atoms with van der Waals surface area (Å²) in [6.45, 7) is 1.78. The molecule has 5 rings (SSSR count). The number of nitrogens with one attached hydrogen (secondary N) is 1. The molecule has 4 heterocycles. The van der Waals surface area contributed by atoms with Crippen LogP contribution >= 0.6 is 11.3 Å². The number of carboxylic acid groups (broad SMARTS) is 1. The minimum atomic E-state index is -1.10. The largest absolute Gasteiger partial charge is 0.477 e. The molecule has 0 radical (unpaired) electrons. The Morgan fingerprint density at radius 2 is 1.93 bits per heavy atom. The fourth-order valence-electron chi connectivity index (χ4n) is 3.41. The Balaban J connectivity index is 1.59. The van der Waals surface area contributed by atoms with Gasteiger partial charge in [-0.1, -0.05) is 18.2 Å². The van der Waals surface area contributed by atoms with Crippen molar-refractivity contribution in [3.63, 3.8) is 0 Å². The second-order valence-corrected chi connectivity index (χ2v) is 7.56. The molecule has 0 saturated carbocycles. The monoisotopic (exact) mass is 418 g/mol. The van der Waals surface area contributed by atoms with Gasteiger partial charge in [-0.15, -0.1) is 11.3 Å². The first-order valence-electron chi connectivity index (χ1n) is 8.99. The molecule has 0 atom stereocenters. The van der Waals surface area contributed by atoms with Crippen molar-refractivity contribution >= 4 is 50.6 Å². The van der Waals surface area contributed by atoms with Crippen LogP contribution in [0.25, 0.3) is 10.2 Å². The molecule has 1 aromatic carbocycles. The van der Waals surface area contributed by atoms with Gasteiger partial charge < -0.3 is 15.2 Å². The average Bonchev–Trinajstić information content (AvgIpc) is 3.10. The van der Waals surface area contributed by atoms with Crippen LogP contribution in [0.1, 0.15) is 15.4 Å². The van der Waals surface area contributed by atoms with Crippen LogP contribution in [0.15, 0.2) is 54.7 Å². The number of carboxylic acids is 1. The first kappa shape index (κ1) is 18.1. The van der Waals surface area contributed by atoms with Gasteiger partial charge in [-0.05, 0) is 31.2 Å². The number of thiophene rings is 1. The van der Waals surface area contributed by atoms with Crippen LogP contribution in [-0.4, -0.2) is 27.1 Å². The van der Waals surface area contributed by atoms with Crippen molar-refractivity contribution in [1.82, 2.24) is 9.97 Å². The second-order valence-electron chi connectivity index (χ2n) is 6.56. The third-order valence-corrected chi connectivity index (χ3v) is 5.76. The van der Waals surface area contributed by atoms with Gasteiger partial charge in [-0.2, -0.15) is 0 Å². The zero-order chi connectivity index (χ0) is 20.8. The lowest BCUT2D eigenvalue weighted by molar-refractivity contribution is 0.0703. The summed E-state index contributed by atoms with van der Waals surface area (Å²) >= 11 is 1.03. The summed E-state index contributed by atoms with van der Waals surface area (Å²) in [5.74, 6) is -0.0371. The number of ether oxygens (including phenoxy) is 1. The number of nitrogens with zero attached hydrogens (tertiary/aromatic N) is 3. The highest BCUT2D eigenvalue weighted by molar-refractivity contribution is 7.21. The summed E-state index contributed by atoms with van der Waals surface area (Å²) in [6, 6.07) is 14.0. The number of hydrogen-bond donors (Lipinski definition) is 2. The first-order valence-corrected chi connectivity index (χ1v) is 9.81. The quantitative estimate of drug-likeness (QED) is 0.473. The van der Waals surface area contributed by atoms with Gasteiger partial charge in [-0.25, -0.2) is 19.6 Å². The SMILES string of the molecule is Cc1nc(Oc2ccccc2)ccc1N1C(=O)Nc2c(C(=O)O)sc3nccc1c23. The lowest BCUT2D eigenvalue weighted by Gasteiger charge is -2.29. The van der Waals surface area contributed by atoms with Crippen LogP contribution in [0.3, 0.4) is 0 Å². The van der Waals surface area contributed by atoms with Crippen molar-refractivity contribution in [3.05, 3.63) is 65.3 Å². The van der Waals surface area contributed by atoms with Crippen molar-refractivity contribution in [2.75, 3.05) is 10.2 Å². The number of benzene rings is 1. The van der Waals surface area contributed by atoms with Crippen LogP contribution in [0, 0.1) is 6.92 Å². The van der Waals surface area contributed by atoms with Gasteiger partial charge in [0.2, 0.25) is 5.88 Å². The Morgan fingerprint density at radius 1 is 1.13 bits per heavy atom. The summed E-state index contributed by atoms with van der Waals surface area (Å²) in [5.41, 5.74) is 1.99. The number of aryl methyl sites for hydroxylation is 1. The van der Waals surface area contributed by atoms with E-state index in [2.05, 4.69) is 15.3 Å². The Kier molecular flexibility index (Phi) is 4.11. The first-order chi connectivity index (χ1) is 14.5. The number of amides is 2. The predicted octanol–water partition coefficient (Wildman–Crippen LogP) is 5.17. The summed E-state index contributed by atoms with van der Waals surface area (Å²) in [5, 5.41) is 12.8. The van der Waals surface area contributed by atoms with Crippen LogP contribution < -0.4 is 15.0 Å². The van der Waals surface area contributed by atoms with E-state index in [9.17, 15) is 14.7 Å². The minimum Gasteiger partial charge on any atom is -0.477 e. The molecular formula is C21H14N4O4S. The molecule has 0 saturated heterocycles. The normalized spacial score (nSPS) is 12.7. The van der Waals surface area contributed by atoms with Crippen molar-refractivity contribution in [2.24, 2.45) is 0 Å². The predicted molar refractivity (Wildman–Crippen MR) is 113 cm³/mol. The topological polar surface area (TPSA) is 105 Å². The number of pyridine rings is 2. The third kappa shape index (κ3) is 2.83. The van der Waals surface area contributed by atoms with Gasteiger partial charge >= 0.3 is 12.0 Å². The van der Waals surface area contributed by atoms with Crippen molar-refractivity contribution < 1.29 is 19.4 Å². The van der Waals surface area contributed by atoms with E-state index in [1.54, 1.807) is 31.3 Å². The van der Waals surface area contributed by atoms with Gasteiger partial charge in [0, 0.05) is 12.3 Å². The maximum atomic E-state index is 12.9. The minimum absolute atomic E-state index is 0.0550. The van der Waals surface area contributed by atoms with Gasteiger partial charge in [-0.3, -0.25) is 4.90 Å². The van der Waals surface area contributed by atoms with E-state index in [0.717, 1.165) is 11.3 Å². The fourth-order valence-corrected chi connectivity index (χ4v) is 4.37. The van der Waals surface area contributed by atoms with E-state index in [1.165, 1.54) is 4.90 Å². The number of para-hydroxylation sites is 1. The maximum absolute atomic E-state index is 12.9. The molecule has 4 aromatic rings. The standard InChI is InChI=1S/C21H14N4O4S/c1-11-13(7-8-15(23-11)29-12-5-3-2-4-6-12)25-14-9-10-22-19-16(14)17(24-21(25)28)18(30-19)20(26)27/h2-10H,1H3,(H,24,28)(H,26,27). The molecule has 1 aliphatic heterocycles. The summed E-state index contributed by atoms with van der Waals surface area (Å²) < 4.78 is 5.77. The van der Waals surface area contributed by atoms with E-state index in [4.69, 9.17) is 4.74 Å². The Labute approximate surface area is 174 Å². The molecule has 9 heteroatoms. The number of carbonyl (C=O) groups excluding carboxylic acids is 1. The highest BCUT2D eigenvalue weighted by Crippen LogP contribution is 2.46. The van der Waals surface area contributed by atoms with Crippen molar-refractivity contribution in [1.29, 1.82) is 0 Å². The zero-order valence-corrected chi connectivity index (χ0v) is 16.4. The van der Waals surface area contributed by atoms with Crippen LogP contribution in [0.5, 0.6) is 11.6 Å². The summed E-state index contributed by atoms with van der Waals surface area (Å²) in [4.78, 5) is 35.3. The summed E-state index contributed by atoms with van der Waals surface area (Å²) in [6.07, 6.45) is 1.56. The molecule has 3 aromatic heterocycles. The van der Waals surface area contributed by atoms with E-state index >= 15 is 0 Å². The average molecular weight is 418 g/mol. The molecule has 0 spiro atoms. The van der Waals surface area contributed by atoms with Crippen molar-refractivity contribution in [2.45, 2.75) is 6.92 Å². The lowest BCUT2D eigenvalue weighted by Crippen LogP contribution is -2.34. The molecule has 2 amide bonds. The Hall–Kier alpha value is -3.98. The van der Waals surface area contributed by atoms with Gasteiger partial charge in [0.1, 0.15) is 15.5 Å². The van der Waals surface area contributed by atoms with Gasteiger partial charge in [0.15, 0.2) is 0 Å². The van der Waals surface area contributed by atoms with Crippen LogP contribution in [0.2, 0.25) is 0 Å². The van der Waals surface area contributed by atoms with E-state index < -0.39 is 12.0 Å². The fraction of sp³-hybridized carbons (Fsp3) is 0.0476. The summed E-state index contributed by atoms with van der Waals surface area (Å²) in [7, 11) is 0. The molecule has 2 N–H and O–H groups in total. The number of carbonyl (C=O) groups is 2. The molecule has 30 heavy (non-hydrogen) atoms. The molecule has 0 aliphatic carbocycles.